The highest BCUT2D eigenvalue weighted by atomic mass is 79.9. The molecule has 0 saturated heterocycles. The zero-order chi connectivity index (χ0) is 10.8. The molecule has 0 aliphatic carbocycles. The van der Waals surface area contributed by atoms with Crippen molar-refractivity contribution in [1.82, 2.24) is 9.97 Å². The van der Waals surface area contributed by atoms with E-state index in [0.717, 1.165) is 16.0 Å². The fraction of sp³-hybridized carbons (Fsp3) is 0.300. The van der Waals surface area contributed by atoms with Crippen LogP contribution in [-0.2, 0) is 6.42 Å². The van der Waals surface area contributed by atoms with Gasteiger partial charge in [-0.25, -0.2) is 4.98 Å². The van der Waals surface area contributed by atoms with Gasteiger partial charge in [-0.3, -0.25) is 0 Å². The van der Waals surface area contributed by atoms with Crippen molar-refractivity contribution >= 4 is 38.9 Å². The summed E-state index contributed by atoms with van der Waals surface area (Å²) in [5.41, 5.74) is 1.24. The lowest BCUT2D eigenvalue weighted by atomic mass is 10.2. The van der Waals surface area contributed by atoms with Gasteiger partial charge in [0.05, 0.1) is 9.16 Å². The van der Waals surface area contributed by atoms with Gasteiger partial charge in [-0.1, -0.05) is 0 Å². The van der Waals surface area contributed by atoms with Crippen LogP contribution in [0.2, 0.25) is 0 Å². The summed E-state index contributed by atoms with van der Waals surface area (Å²) in [6.07, 6.45) is 4.30. The van der Waals surface area contributed by atoms with E-state index in [2.05, 4.69) is 38.9 Å². The lowest BCUT2D eigenvalue weighted by Gasteiger charge is -2.03. The number of aryl methyl sites for hydroxylation is 1. The van der Waals surface area contributed by atoms with E-state index in [1.807, 2.05) is 6.20 Å². The van der Waals surface area contributed by atoms with Gasteiger partial charge in [0.2, 0.25) is 0 Å². The van der Waals surface area contributed by atoms with Crippen molar-refractivity contribution in [3.8, 4) is 0 Å². The molecule has 1 unspecified atom stereocenters. The molecule has 0 aliphatic heterocycles. The second-order valence-corrected chi connectivity index (χ2v) is 6.24. The van der Waals surface area contributed by atoms with Gasteiger partial charge in [-0.05, 0) is 34.5 Å². The van der Waals surface area contributed by atoms with E-state index in [9.17, 15) is 0 Å². The van der Waals surface area contributed by atoms with Crippen molar-refractivity contribution in [1.29, 1.82) is 0 Å². The van der Waals surface area contributed by atoms with E-state index in [1.165, 1.54) is 10.4 Å². The summed E-state index contributed by atoms with van der Waals surface area (Å²) in [7, 11) is 0. The quantitative estimate of drug-likeness (QED) is 0.851. The molecular formula is C10H10BrClN2S. The van der Waals surface area contributed by atoms with E-state index in [1.54, 1.807) is 17.5 Å². The lowest BCUT2D eigenvalue weighted by Crippen LogP contribution is -1.95. The monoisotopic (exact) mass is 304 g/mol. The SMILES string of the molecule is Cc1cc(C(Cl)Cc2ncc[nH]2)sc1Br. The number of thiophene rings is 1. The van der Waals surface area contributed by atoms with Crippen LogP contribution in [0.1, 0.15) is 21.6 Å². The van der Waals surface area contributed by atoms with Gasteiger partial charge in [-0.15, -0.1) is 22.9 Å². The van der Waals surface area contributed by atoms with Crippen molar-refractivity contribution in [2.75, 3.05) is 0 Å². The molecule has 1 N–H and O–H groups in total. The largest absolute Gasteiger partial charge is 0.349 e. The van der Waals surface area contributed by atoms with Crippen molar-refractivity contribution in [3.05, 3.63) is 38.5 Å². The van der Waals surface area contributed by atoms with E-state index in [-0.39, 0.29) is 5.38 Å². The molecule has 0 spiro atoms. The summed E-state index contributed by atoms with van der Waals surface area (Å²) in [6.45, 7) is 2.07. The van der Waals surface area contributed by atoms with Crippen LogP contribution < -0.4 is 0 Å². The van der Waals surface area contributed by atoms with E-state index in [0.29, 0.717) is 0 Å². The van der Waals surface area contributed by atoms with Crippen molar-refractivity contribution in [2.24, 2.45) is 0 Å². The fourth-order valence-corrected chi connectivity index (χ4v) is 3.21. The molecule has 0 saturated carbocycles. The maximum absolute atomic E-state index is 6.31. The molecule has 0 bridgehead atoms. The Balaban J connectivity index is 2.11. The van der Waals surface area contributed by atoms with Crippen molar-refractivity contribution in [3.63, 3.8) is 0 Å². The molecule has 2 rings (SSSR count). The first-order chi connectivity index (χ1) is 7.16. The standard InChI is InChI=1S/C10H10BrClN2S/c1-6-4-8(15-10(6)11)7(12)5-9-13-2-3-14-9/h2-4,7H,5H2,1H3,(H,13,14). The molecule has 1 atom stereocenters. The summed E-state index contributed by atoms with van der Waals surface area (Å²) in [5, 5.41) is -0.00819. The third kappa shape index (κ3) is 2.62. The second-order valence-electron chi connectivity index (χ2n) is 3.31. The van der Waals surface area contributed by atoms with Crippen LogP contribution in [0.4, 0.5) is 0 Å². The lowest BCUT2D eigenvalue weighted by molar-refractivity contribution is 0.867. The predicted molar refractivity (Wildman–Crippen MR) is 67.6 cm³/mol. The first kappa shape index (κ1) is 11.2. The maximum atomic E-state index is 6.31. The highest BCUT2D eigenvalue weighted by Crippen LogP contribution is 2.35. The van der Waals surface area contributed by atoms with Gasteiger partial charge >= 0.3 is 0 Å². The molecule has 0 aliphatic rings. The third-order valence-corrected chi connectivity index (χ3v) is 4.88. The zero-order valence-corrected chi connectivity index (χ0v) is 11.3. The van der Waals surface area contributed by atoms with Crippen molar-refractivity contribution in [2.45, 2.75) is 18.7 Å². The number of H-pyrrole nitrogens is 1. The molecule has 15 heavy (non-hydrogen) atoms. The number of halogens is 2. The average Bonchev–Trinajstić information content (AvgIpc) is 2.78. The fourth-order valence-electron chi connectivity index (χ4n) is 1.32. The highest BCUT2D eigenvalue weighted by Gasteiger charge is 2.14. The molecule has 2 nitrogen and oxygen atoms in total. The summed E-state index contributed by atoms with van der Waals surface area (Å²) < 4.78 is 1.16. The first-order valence-corrected chi connectivity index (χ1v) is 6.59. The van der Waals surface area contributed by atoms with E-state index < -0.39 is 0 Å². The minimum absolute atomic E-state index is 0.00819. The molecule has 2 aromatic rings. The van der Waals surface area contributed by atoms with Gasteiger partial charge in [0, 0.05) is 23.7 Å². The number of aromatic nitrogens is 2. The van der Waals surface area contributed by atoms with Crippen LogP contribution in [0.5, 0.6) is 0 Å². The molecule has 80 valence electrons. The topological polar surface area (TPSA) is 28.7 Å². The third-order valence-electron chi connectivity index (χ3n) is 2.11. The molecule has 0 radical (unpaired) electrons. The summed E-state index contributed by atoms with van der Waals surface area (Å²) >= 11 is 11.5. The number of imidazole rings is 1. The first-order valence-electron chi connectivity index (χ1n) is 4.55. The number of rotatable bonds is 3. The molecule has 5 heteroatoms. The molecular weight excluding hydrogens is 296 g/mol. The number of aromatic amines is 1. The van der Waals surface area contributed by atoms with Crippen LogP contribution >= 0.6 is 38.9 Å². The molecule has 2 heterocycles. The van der Waals surface area contributed by atoms with E-state index in [4.69, 9.17) is 11.6 Å². The Morgan fingerprint density at radius 1 is 1.67 bits per heavy atom. The van der Waals surface area contributed by atoms with Crippen LogP contribution in [0.15, 0.2) is 22.2 Å². The molecule has 2 aromatic heterocycles. The number of alkyl halides is 1. The summed E-state index contributed by atoms with van der Waals surface area (Å²) in [4.78, 5) is 8.40. The van der Waals surface area contributed by atoms with E-state index >= 15 is 0 Å². The number of hydrogen-bond acceptors (Lipinski definition) is 2. The van der Waals surface area contributed by atoms with Gasteiger partial charge in [0.25, 0.3) is 0 Å². The minimum atomic E-state index is -0.00819. The maximum Gasteiger partial charge on any atom is 0.107 e. The Morgan fingerprint density at radius 3 is 3.00 bits per heavy atom. The summed E-state index contributed by atoms with van der Waals surface area (Å²) in [6, 6.07) is 2.12. The molecule has 0 fully saturated rings. The number of nitrogens with one attached hydrogen (secondary N) is 1. The normalized spacial score (nSPS) is 13.0. The average molecular weight is 306 g/mol. The zero-order valence-electron chi connectivity index (χ0n) is 8.13. The predicted octanol–water partition coefficient (Wildman–Crippen LogP) is 4.06. The summed E-state index contributed by atoms with van der Waals surface area (Å²) in [5.74, 6) is 0.928. The Morgan fingerprint density at radius 2 is 2.47 bits per heavy atom. The van der Waals surface area contributed by atoms with Gasteiger partial charge in [0.15, 0.2) is 0 Å². The number of hydrogen-bond donors (Lipinski definition) is 1. The highest BCUT2D eigenvalue weighted by molar-refractivity contribution is 9.11. The van der Waals surface area contributed by atoms with Gasteiger partial charge in [-0.2, -0.15) is 0 Å². The van der Waals surface area contributed by atoms with Crippen LogP contribution in [0, 0.1) is 6.92 Å². The Bertz CT molecular complexity index is 419. The van der Waals surface area contributed by atoms with Crippen molar-refractivity contribution < 1.29 is 0 Å². The second kappa shape index (κ2) is 4.68. The Hall–Kier alpha value is -0.320. The smallest absolute Gasteiger partial charge is 0.107 e. The van der Waals surface area contributed by atoms with Gasteiger partial charge in [0.1, 0.15) is 5.82 Å². The molecule has 0 amide bonds. The van der Waals surface area contributed by atoms with Gasteiger partial charge < -0.3 is 4.98 Å². The molecule has 0 aromatic carbocycles. The van der Waals surface area contributed by atoms with Crippen LogP contribution in [-0.4, -0.2) is 9.97 Å². The Labute approximate surface area is 106 Å². The number of nitrogens with zero attached hydrogens (tertiary/aromatic N) is 1. The minimum Gasteiger partial charge on any atom is -0.349 e. The Kier molecular flexibility index (Phi) is 3.49. The van der Waals surface area contributed by atoms with Crippen LogP contribution in [0.25, 0.3) is 0 Å². The van der Waals surface area contributed by atoms with Crippen LogP contribution in [0.3, 0.4) is 0 Å².